The molecule has 1 N–H and O–H groups in total. The lowest BCUT2D eigenvalue weighted by atomic mass is 9.82. The molecule has 4 heteroatoms. The first kappa shape index (κ1) is 12.8. The lowest BCUT2D eigenvalue weighted by Crippen LogP contribution is -2.43. The zero-order valence-corrected chi connectivity index (χ0v) is 11.1. The zero-order valence-electron chi connectivity index (χ0n) is 11.1. The van der Waals surface area contributed by atoms with Gasteiger partial charge in [0.2, 0.25) is 5.91 Å². The fourth-order valence-electron chi connectivity index (χ4n) is 3.21. The number of likely N-dealkylation sites (tertiary alicyclic amines) is 1. The van der Waals surface area contributed by atoms with Gasteiger partial charge in [-0.15, -0.1) is 0 Å². The van der Waals surface area contributed by atoms with Crippen LogP contribution >= 0.6 is 0 Å². The molecule has 0 unspecified atom stereocenters. The van der Waals surface area contributed by atoms with E-state index in [4.69, 9.17) is 4.74 Å². The molecule has 0 aliphatic carbocycles. The Labute approximate surface area is 104 Å². The molecule has 17 heavy (non-hydrogen) atoms. The molecular weight excluding hydrogens is 216 g/mol. The van der Waals surface area contributed by atoms with Gasteiger partial charge in [-0.3, -0.25) is 4.79 Å². The van der Waals surface area contributed by atoms with E-state index in [0.717, 1.165) is 26.2 Å². The molecular formula is C13H24N2O2. The molecule has 2 heterocycles. The fraction of sp³-hybridized carbons (Fsp3) is 0.923. The molecule has 3 atom stereocenters. The number of nitrogens with one attached hydrogen (secondary N) is 1. The van der Waals surface area contributed by atoms with Gasteiger partial charge in [0.05, 0.1) is 19.1 Å². The third kappa shape index (κ3) is 2.80. The van der Waals surface area contributed by atoms with E-state index in [9.17, 15) is 4.79 Å². The maximum Gasteiger partial charge on any atom is 0.225 e. The first-order chi connectivity index (χ1) is 8.11. The molecule has 98 valence electrons. The van der Waals surface area contributed by atoms with Crippen molar-refractivity contribution in [3.8, 4) is 0 Å². The lowest BCUT2D eigenvalue weighted by Gasteiger charge is -2.31. The summed E-state index contributed by atoms with van der Waals surface area (Å²) in [4.78, 5) is 14.3. The Morgan fingerprint density at radius 2 is 2.18 bits per heavy atom. The van der Waals surface area contributed by atoms with Gasteiger partial charge in [0.1, 0.15) is 0 Å². The standard InChI is InChI=1S/C13H24N2O2/c1-9(2)4-15-5-10-7-17-8-12(11(10)6-15)13(16)14-3/h9-12H,4-8H2,1-3H3,(H,14,16)/t10-,11-,12+/m0/s1. The predicted octanol–water partition coefficient (Wildman–Crippen LogP) is 0.583. The van der Waals surface area contributed by atoms with Crippen LogP contribution in [-0.4, -0.2) is 50.7 Å². The molecule has 2 aliphatic rings. The van der Waals surface area contributed by atoms with E-state index in [0.29, 0.717) is 24.4 Å². The molecule has 0 spiro atoms. The lowest BCUT2D eigenvalue weighted by molar-refractivity contribution is -0.133. The van der Waals surface area contributed by atoms with Crippen LogP contribution in [0.2, 0.25) is 0 Å². The number of fused-ring (bicyclic) bond motifs is 1. The summed E-state index contributed by atoms with van der Waals surface area (Å²) in [5.41, 5.74) is 0. The van der Waals surface area contributed by atoms with E-state index < -0.39 is 0 Å². The van der Waals surface area contributed by atoms with Crippen LogP contribution < -0.4 is 5.32 Å². The normalized spacial score (nSPS) is 33.8. The zero-order chi connectivity index (χ0) is 12.4. The quantitative estimate of drug-likeness (QED) is 0.785. The number of hydrogen-bond acceptors (Lipinski definition) is 3. The Bertz CT molecular complexity index is 281. The number of amides is 1. The first-order valence-corrected chi connectivity index (χ1v) is 6.63. The number of rotatable bonds is 3. The maximum absolute atomic E-state index is 11.8. The summed E-state index contributed by atoms with van der Waals surface area (Å²) in [7, 11) is 1.72. The van der Waals surface area contributed by atoms with Crippen LogP contribution in [0.5, 0.6) is 0 Å². The van der Waals surface area contributed by atoms with Crippen LogP contribution in [0.25, 0.3) is 0 Å². The van der Waals surface area contributed by atoms with Gasteiger partial charge in [0.25, 0.3) is 0 Å². The molecule has 2 aliphatic heterocycles. The monoisotopic (exact) mass is 240 g/mol. The molecule has 0 radical (unpaired) electrons. The van der Waals surface area contributed by atoms with E-state index in [1.54, 1.807) is 7.05 Å². The Balaban J connectivity index is 1.99. The van der Waals surface area contributed by atoms with Crippen molar-refractivity contribution in [3.05, 3.63) is 0 Å². The minimum Gasteiger partial charge on any atom is -0.380 e. The van der Waals surface area contributed by atoms with Gasteiger partial charge >= 0.3 is 0 Å². The maximum atomic E-state index is 11.8. The SMILES string of the molecule is CNC(=O)[C@@H]1COC[C@@H]2CN(CC(C)C)C[C@@H]21. The summed E-state index contributed by atoms with van der Waals surface area (Å²) in [6.07, 6.45) is 0. The van der Waals surface area contributed by atoms with E-state index in [-0.39, 0.29) is 11.8 Å². The minimum absolute atomic E-state index is 0.0518. The molecule has 4 nitrogen and oxygen atoms in total. The highest BCUT2D eigenvalue weighted by atomic mass is 16.5. The number of ether oxygens (including phenoxy) is 1. The van der Waals surface area contributed by atoms with Crippen molar-refractivity contribution < 1.29 is 9.53 Å². The van der Waals surface area contributed by atoms with Gasteiger partial charge < -0.3 is 15.0 Å². The highest BCUT2D eigenvalue weighted by Gasteiger charge is 2.43. The van der Waals surface area contributed by atoms with Gasteiger partial charge in [0.15, 0.2) is 0 Å². The average molecular weight is 240 g/mol. The van der Waals surface area contributed by atoms with E-state index in [2.05, 4.69) is 24.1 Å². The second-order valence-electron chi connectivity index (χ2n) is 5.79. The van der Waals surface area contributed by atoms with Crippen molar-refractivity contribution in [3.63, 3.8) is 0 Å². The Kier molecular flexibility index (Phi) is 4.05. The van der Waals surface area contributed by atoms with Gasteiger partial charge in [-0.25, -0.2) is 0 Å². The second-order valence-corrected chi connectivity index (χ2v) is 5.79. The molecule has 2 rings (SSSR count). The van der Waals surface area contributed by atoms with Gasteiger partial charge in [-0.2, -0.15) is 0 Å². The van der Waals surface area contributed by atoms with E-state index in [1.807, 2.05) is 0 Å². The fourth-order valence-corrected chi connectivity index (χ4v) is 3.21. The predicted molar refractivity (Wildman–Crippen MR) is 66.6 cm³/mol. The highest BCUT2D eigenvalue weighted by molar-refractivity contribution is 5.79. The van der Waals surface area contributed by atoms with Gasteiger partial charge in [-0.1, -0.05) is 13.8 Å². The summed E-state index contributed by atoms with van der Waals surface area (Å²) >= 11 is 0. The van der Waals surface area contributed by atoms with Crippen LogP contribution in [0.15, 0.2) is 0 Å². The summed E-state index contributed by atoms with van der Waals surface area (Å²) in [5, 5.41) is 2.77. The van der Waals surface area contributed by atoms with E-state index >= 15 is 0 Å². The minimum atomic E-state index is 0.0518. The van der Waals surface area contributed by atoms with Crippen LogP contribution in [-0.2, 0) is 9.53 Å². The van der Waals surface area contributed by atoms with Crippen molar-refractivity contribution in [1.29, 1.82) is 0 Å². The Hall–Kier alpha value is -0.610. The second kappa shape index (κ2) is 5.36. The van der Waals surface area contributed by atoms with Crippen LogP contribution in [0, 0.1) is 23.7 Å². The smallest absolute Gasteiger partial charge is 0.225 e. The molecule has 0 saturated carbocycles. The molecule has 1 amide bonds. The van der Waals surface area contributed by atoms with E-state index in [1.165, 1.54) is 0 Å². The van der Waals surface area contributed by atoms with Gasteiger partial charge in [-0.05, 0) is 17.8 Å². The number of carbonyl (C=O) groups is 1. The average Bonchev–Trinajstić information content (AvgIpc) is 2.68. The Morgan fingerprint density at radius 1 is 1.41 bits per heavy atom. The third-order valence-electron chi connectivity index (χ3n) is 3.92. The largest absolute Gasteiger partial charge is 0.380 e. The summed E-state index contributed by atoms with van der Waals surface area (Å²) in [6, 6.07) is 0. The molecule has 0 aromatic heterocycles. The number of nitrogens with zero attached hydrogens (tertiary/aromatic N) is 1. The Morgan fingerprint density at radius 3 is 2.82 bits per heavy atom. The summed E-state index contributed by atoms with van der Waals surface area (Å²) in [6.45, 7) is 9.20. The molecule has 2 saturated heterocycles. The van der Waals surface area contributed by atoms with Crippen molar-refractivity contribution in [2.45, 2.75) is 13.8 Å². The molecule has 0 bridgehead atoms. The van der Waals surface area contributed by atoms with Crippen molar-refractivity contribution in [2.24, 2.45) is 23.7 Å². The van der Waals surface area contributed by atoms with Crippen molar-refractivity contribution >= 4 is 5.91 Å². The molecule has 2 fully saturated rings. The van der Waals surface area contributed by atoms with Crippen molar-refractivity contribution in [1.82, 2.24) is 10.2 Å². The molecule has 0 aromatic rings. The molecule has 0 aromatic carbocycles. The first-order valence-electron chi connectivity index (χ1n) is 6.63. The number of carbonyl (C=O) groups excluding carboxylic acids is 1. The van der Waals surface area contributed by atoms with Crippen molar-refractivity contribution in [2.75, 3.05) is 39.9 Å². The topological polar surface area (TPSA) is 41.6 Å². The van der Waals surface area contributed by atoms with Crippen LogP contribution in [0.1, 0.15) is 13.8 Å². The highest BCUT2D eigenvalue weighted by Crippen LogP contribution is 2.34. The number of hydrogen-bond donors (Lipinski definition) is 1. The van der Waals surface area contributed by atoms with Crippen LogP contribution in [0.4, 0.5) is 0 Å². The van der Waals surface area contributed by atoms with Gasteiger partial charge in [0, 0.05) is 26.7 Å². The van der Waals surface area contributed by atoms with Crippen LogP contribution in [0.3, 0.4) is 0 Å². The summed E-state index contributed by atoms with van der Waals surface area (Å²) in [5.74, 6) is 1.92. The summed E-state index contributed by atoms with van der Waals surface area (Å²) < 4.78 is 5.58. The third-order valence-corrected chi connectivity index (χ3v) is 3.92.